The fourth-order valence-corrected chi connectivity index (χ4v) is 5.12. The highest BCUT2D eigenvalue weighted by molar-refractivity contribution is 6.27. The number of aryl methyl sites for hydroxylation is 2. The van der Waals surface area contributed by atoms with Crippen molar-refractivity contribution in [2.24, 2.45) is 0 Å². The van der Waals surface area contributed by atoms with Crippen molar-refractivity contribution in [1.82, 2.24) is 20.0 Å². The lowest BCUT2D eigenvalue weighted by Crippen LogP contribution is -2.36. The average molecular weight is 537 g/mol. The molecule has 0 aliphatic heterocycles. The van der Waals surface area contributed by atoms with Crippen molar-refractivity contribution in [3.8, 4) is 11.1 Å². The SMILES string of the molecule is COC1CCC(n2c([C@@H](COC(=O)CCl)NC(=O)CCl)nc3cc(-c4c(C)noc4C)ccc32)CC1. The Labute approximate surface area is 219 Å². The number of methoxy groups -OCH3 is 1. The van der Waals surface area contributed by atoms with E-state index in [-0.39, 0.29) is 36.4 Å². The molecule has 194 valence electrons. The zero-order chi connectivity index (χ0) is 25.8. The van der Waals surface area contributed by atoms with Gasteiger partial charge in [-0.3, -0.25) is 9.59 Å². The molecule has 4 rings (SSSR count). The number of alkyl halides is 2. The molecule has 1 aromatic carbocycles. The van der Waals surface area contributed by atoms with Gasteiger partial charge in [0.05, 0.1) is 22.8 Å². The maximum absolute atomic E-state index is 12.3. The number of ether oxygens (including phenoxy) is 2. The first-order valence-corrected chi connectivity index (χ1v) is 13.0. The molecule has 1 N–H and O–H groups in total. The van der Waals surface area contributed by atoms with Crippen molar-refractivity contribution < 1.29 is 23.6 Å². The molecule has 1 amide bonds. The van der Waals surface area contributed by atoms with Crippen LogP contribution in [0.5, 0.6) is 0 Å². The third kappa shape index (κ3) is 5.53. The molecule has 3 aromatic rings. The van der Waals surface area contributed by atoms with Gasteiger partial charge < -0.3 is 23.9 Å². The van der Waals surface area contributed by atoms with Gasteiger partial charge in [-0.15, -0.1) is 23.2 Å². The van der Waals surface area contributed by atoms with E-state index in [4.69, 9.17) is 42.2 Å². The van der Waals surface area contributed by atoms with Crippen LogP contribution in [0.1, 0.15) is 55.0 Å². The number of hydrogen-bond donors (Lipinski definition) is 1. The van der Waals surface area contributed by atoms with Gasteiger partial charge >= 0.3 is 5.97 Å². The molecule has 2 heterocycles. The van der Waals surface area contributed by atoms with Crippen LogP contribution in [0.4, 0.5) is 0 Å². The van der Waals surface area contributed by atoms with Crippen LogP contribution in [0.25, 0.3) is 22.2 Å². The van der Waals surface area contributed by atoms with Crippen LogP contribution in [-0.2, 0) is 19.1 Å². The molecular weight excluding hydrogens is 507 g/mol. The number of benzene rings is 1. The van der Waals surface area contributed by atoms with Gasteiger partial charge in [0.1, 0.15) is 36.0 Å². The smallest absolute Gasteiger partial charge is 0.320 e. The minimum atomic E-state index is -0.696. The summed E-state index contributed by atoms with van der Waals surface area (Å²) in [7, 11) is 1.74. The van der Waals surface area contributed by atoms with Gasteiger partial charge in [-0.2, -0.15) is 0 Å². The Hall–Kier alpha value is -2.62. The fraction of sp³-hybridized carbons (Fsp3) is 0.520. The number of imidazole rings is 1. The van der Waals surface area contributed by atoms with Crippen molar-refractivity contribution in [2.45, 2.75) is 57.7 Å². The Morgan fingerprint density at radius 3 is 2.56 bits per heavy atom. The van der Waals surface area contributed by atoms with E-state index in [1.165, 1.54) is 0 Å². The Balaban J connectivity index is 1.81. The third-order valence-corrected chi connectivity index (χ3v) is 7.13. The number of esters is 1. The van der Waals surface area contributed by atoms with E-state index in [2.05, 4.69) is 15.0 Å². The van der Waals surface area contributed by atoms with Gasteiger partial charge in [-0.25, -0.2) is 4.98 Å². The number of rotatable bonds is 9. The molecular formula is C25H30Cl2N4O5. The summed E-state index contributed by atoms with van der Waals surface area (Å²) in [5.41, 5.74) is 4.34. The van der Waals surface area contributed by atoms with Crippen LogP contribution < -0.4 is 5.32 Å². The number of halogens is 2. The molecule has 9 nitrogen and oxygen atoms in total. The average Bonchev–Trinajstić information content (AvgIpc) is 3.44. The maximum Gasteiger partial charge on any atom is 0.320 e. The molecule has 0 saturated heterocycles. The highest BCUT2D eigenvalue weighted by atomic mass is 35.5. The third-order valence-electron chi connectivity index (χ3n) is 6.67. The van der Waals surface area contributed by atoms with Gasteiger partial charge in [-0.05, 0) is 57.2 Å². The molecule has 2 aromatic heterocycles. The predicted molar refractivity (Wildman–Crippen MR) is 136 cm³/mol. The van der Waals surface area contributed by atoms with Crippen LogP contribution in [0.15, 0.2) is 22.7 Å². The van der Waals surface area contributed by atoms with Crippen molar-refractivity contribution >= 4 is 46.1 Å². The monoisotopic (exact) mass is 536 g/mol. The van der Waals surface area contributed by atoms with Gasteiger partial charge in [0.2, 0.25) is 5.91 Å². The number of hydrogen-bond acceptors (Lipinski definition) is 7. The fourth-order valence-electron chi connectivity index (χ4n) is 4.97. The highest BCUT2D eigenvalue weighted by Gasteiger charge is 2.30. The normalized spacial score (nSPS) is 18.8. The van der Waals surface area contributed by atoms with Crippen LogP contribution in [0.3, 0.4) is 0 Å². The second-order valence-electron chi connectivity index (χ2n) is 8.98. The molecule has 1 atom stereocenters. The second-order valence-corrected chi connectivity index (χ2v) is 9.51. The van der Waals surface area contributed by atoms with E-state index in [9.17, 15) is 9.59 Å². The van der Waals surface area contributed by atoms with E-state index in [1.807, 2.05) is 32.0 Å². The molecule has 1 aliphatic carbocycles. The van der Waals surface area contributed by atoms with Crippen LogP contribution in [-0.4, -0.2) is 58.2 Å². The molecule has 0 unspecified atom stereocenters. The first-order valence-electron chi connectivity index (χ1n) is 11.9. The summed E-state index contributed by atoms with van der Waals surface area (Å²) in [6.45, 7) is 3.67. The van der Waals surface area contributed by atoms with Crippen molar-refractivity contribution in [3.05, 3.63) is 35.5 Å². The molecule has 0 spiro atoms. The Morgan fingerprint density at radius 2 is 1.94 bits per heavy atom. The van der Waals surface area contributed by atoms with E-state index in [0.29, 0.717) is 5.82 Å². The zero-order valence-corrected chi connectivity index (χ0v) is 22.1. The summed E-state index contributed by atoms with van der Waals surface area (Å²) in [6.07, 6.45) is 3.83. The Morgan fingerprint density at radius 1 is 1.19 bits per heavy atom. The van der Waals surface area contributed by atoms with E-state index < -0.39 is 12.0 Å². The lowest BCUT2D eigenvalue weighted by atomic mass is 9.92. The number of aromatic nitrogens is 3. The molecule has 36 heavy (non-hydrogen) atoms. The minimum absolute atomic E-state index is 0.109. The van der Waals surface area contributed by atoms with Crippen LogP contribution >= 0.6 is 23.2 Å². The topological polar surface area (TPSA) is 108 Å². The van der Waals surface area contributed by atoms with Gasteiger partial charge in [-0.1, -0.05) is 11.2 Å². The molecule has 1 saturated carbocycles. The van der Waals surface area contributed by atoms with Crippen LogP contribution in [0.2, 0.25) is 0 Å². The summed E-state index contributed by atoms with van der Waals surface area (Å²) >= 11 is 11.4. The summed E-state index contributed by atoms with van der Waals surface area (Å²) in [6, 6.07) is 5.49. The number of carbonyl (C=O) groups is 2. The largest absolute Gasteiger partial charge is 0.462 e. The van der Waals surface area contributed by atoms with Gasteiger partial charge in [0.25, 0.3) is 0 Å². The number of amides is 1. The minimum Gasteiger partial charge on any atom is -0.462 e. The van der Waals surface area contributed by atoms with E-state index in [0.717, 1.165) is 59.3 Å². The number of fused-ring (bicyclic) bond motifs is 1. The molecule has 1 aliphatic rings. The molecule has 1 fully saturated rings. The lowest BCUT2D eigenvalue weighted by molar-refractivity contribution is -0.142. The lowest BCUT2D eigenvalue weighted by Gasteiger charge is -2.31. The quantitative estimate of drug-likeness (QED) is 0.314. The first kappa shape index (κ1) is 26.4. The van der Waals surface area contributed by atoms with Crippen molar-refractivity contribution in [1.29, 1.82) is 0 Å². The van der Waals surface area contributed by atoms with Crippen LogP contribution in [0, 0.1) is 13.8 Å². The molecule has 11 heteroatoms. The summed E-state index contributed by atoms with van der Waals surface area (Å²) < 4.78 is 18.4. The zero-order valence-electron chi connectivity index (χ0n) is 20.6. The summed E-state index contributed by atoms with van der Waals surface area (Å²) in [5, 5.41) is 6.93. The highest BCUT2D eigenvalue weighted by Crippen LogP contribution is 2.37. The maximum atomic E-state index is 12.3. The summed E-state index contributed by atoms with van der Waals surface area (Å²) in [5.74, 6) is -0.149. The van der Waals surface area contributed by atoms with E-state index >= 15 is 0 Å². The number of carbonyl (C=O) groups excluding carboxylic acids is 2. The van der Waals surface area contributed by atoms with Gasteiger partial charge in [0.15, 0.2) is 0 Å². The molecule has 0 bridgehead atoms. The van der Waals surface area contributed by atoms with Crippen molar-refractivity contribution in [2.75, 3.05) is 25.5 Å². The second kappa shape index (κ2) is 11.6. The van der Waals surface area contributed by atoms with E-state index in [1.54, 1.807) is 7.11 Å². The predicted octanol–water partition coefficient (Wildman–Crippen LogP) is 4.62. The number of nitrogens with zero attached hydrogens (tertiary/aromatic N) is 3. The van der Waals surface area contributed by atoms with Gasteiger partial charge in [0, 0.05) is 18.7 Å². The Bertz CT molecular complexity index is 1210. The Kier molecular flexibility index (Phi) is 8.54. The van der Waals surface area contributed by atoms with Crippen molar-refractivity contribution in [3.63, 3.8) is 0 Å². The summed E-state index contributed by atoms with van der Waals surface area (Å²) in [4.78, 5) is 29.1. The standard InChI is InChI=1S/C25H30Cl2N4O5/c1-14-24(15(2)36-30-14)16-4-9-21-19(10-16)29-25(31(21)17-5-7-18(34-3)8-6-17)20(28-22(32)11-26)13-35-23(33)12-27/h4,9-10,17-18,20H,5-8,11-13H2,1-3H3,(H,28,32)/t17?,18?,20-/m1/s1. The molecule has 0 radical (unpaired) electrons. The number of nitrogens with one attached hydrogen (secondary N) is 1. The first-order chi connectivity index (χ1) is 17.4.